The van der Waals surface area contributed by atoms with Gasteiger partial charge < -0.3 is 10.4 Å². The quantitative estimate of drug-likeness (QED) is 0.720. The second-order valence-corrected chi connectivity index (χ2v) is 5.27. The maximum absolute atomic E-state index is 13.6. The van der Waals surface area contributed by atoms with Crippen LogP contribution in [0.3, 0.4) is 0 Å². The molecule has 1 unspecified atom stereocenters. The molecule has 0 fully saturated rings. The predicted molar refractivity (Wildman–Crippen MR) is 73.2 cm³/mol. The van der Waals surface area contributed by atoms with Crippen molar-refractivity contribution in [2.24, 2.45) is 5.92 Å². The van der Waals surface area contributed by atoms with Crippen LogP contribution in [0, 0.1) is 11.7 Å². The first-order valence-electron chi connectivity index (χ1n) is 6.72. The molecule has 0 spiro atoms. The minimum atomic E-state index is -0.350. The van der Waals surface area contributed by atoms with Gasteiger partial charge in [0.1, 0.15) is 11.6 Å². The van der Waals surface area contributed by atoms with E-state index < -0.39 is 0 Å². The van der Waals surface area contributed by atoms with E-state index in [-0.39, 0.29) is 17.6 Å². The molecule has 2 N–H and O–H groups in total. The maximum Gasteiger partial charge on any atom is 0.131 e. The first kappa shape index (κ1) is 15.0. The van der Waals surface area contributed by atoms with Gasteiger partial charge in [-0.1, -0.05) is 32.8 Å². The number of hydrogen-bond donors (Lipinski definition) is 2. The predicted octanol–water partition coefficient (Wildman–Crippen LogP) is 4.01. The number of benzene rings is 1. The van der Waals surface area contributed by atoms with Gasteiger partial charge in [0.15, 0.2) is 0 Å². The lowest BCUT2D eigenvalue weighted by molar-refractivity contribution is 0.461. The fourth-order valence-corrected chi connectivity index (χ4v) is 1.97. The fraction of sp³-hybridized carbons (Fsp3) is 0.600. The third kappa shape index (κ3) is 5.05. The van der Waals surface area contributed by atoms with Crippen LogP contribution in [0.1, 0.15) is 51.6 Å². The number of phenols is 1. The molecule has 0 bridgehead atoms. The average Bonchev–Trinajstić information content (AvgIpc) is 2.27. The Hall–Kier alpha value is -1.09. The lowest BCUT2D eigenvalue weighted by Gasteiger charge is -2.15. The Bertz CT molecular complexity index is 366. The monoisotopic (exact) mass is 253 g/mol. The van der Waals surface area contributed by atoms with Crippen LogP contribution in [0.15, 0.2) is 18.2 Å². The van der Waals surface area contributed by atoms with E-state index in [1.807, 2.05) is 6.92 Å². The van der Waals surface area contributed by atoms with E-state index in [0.717, 1.165) is 24.9 Å². The van der Waals surface area contributed by atoms with E-state index in [2.05, 4.69) is 19.2 Å². The largest absolute Gasteiger partial charge is 0.508 e. The number of halogens is 1. The van der Waals surface area contributed by atoms with Gasteiger partial charge in [-0.2, -0.15) is 0 Å². The molecule has 0 radical (unpaired) electrons. The SMILES string of the molecule is CC(C)CCCCNC(C)c1ccc(O)cc1F. The Balaban J connectivity index is 2.34. The summed E-state index contributed by atoms with van der Waals surface area (Å²) in [5.41, 5.74) is 0.608. The van der Waals surface area contributed by atoms with E-state index in [0.29, 0.717) is 5.56 Å². The molecule has 0 aliphatic heterocycles. The Labute approximate surface area is 109 Å². The highest BCUT2D eigenvalue weighted by atomic mass is 19.1. The minimum absolute atomic E-state index is 0.0235. The van der Waals surface area contributed by atoms with Gasteiger partial charge in [0.25, 0.3) is 0 Å². The molecule has 1 aromatic carbocycles. The molecule has 0 aliphatic rings. The zero-order valence-electron chi connectivity index (χ0n) is 11.5. The summed E-state index contributed by atoms with van der Waals surface area (Å²) >= 11 is 0. The number of nitrogens with one attached hydrogen (secondary N) is 1. The number of hydrogen-bond acceptors (Lipinski definition) is 2. The number of rotatable bonds is 7. The van der Waals surface area contributed by atoms with Crippen LogP contribution in [0.2, 0.25) is 0 Å². The van der Waals surface area contributed by atoms with Gasteiger partial charge in [-0.25, -0.2) is 4.39 Å². The second-order valence-electron chi connectivity index (χ2n) is 5.27. The fourth-order valence-electron chi connectivity index (χ4n) is 1.97. The Morgan fingerprint density at radius 2 is 1.94 bits per heavy atom. The van der Waals surface area contributed by atoms with Gasteiger partial charge in [0.2, 0.25) is 0 Å². The molecule has 0 heterocycles. The van der Waals surface area contributed by atoms with Crippen LogP contribution in [0.5, 0.6) is 5.75 Å². The van der Waals surface area contributed by atoms with Gasteiger partial charge >= 0.3 is 0 Å². The summed E-state index contributed by atoms with van der Waals surface area (Å²) in [4.78, 5) is 0. The number of unbranched alkanes of at least 4 members (excludes halogenated alkanes) is 1. The van der Waals surface area contributed by atoms with Crippen LogP contribution in [-0.2, 0) is 0 Å². The molecule has 2 nitrogen and oxygen atoms in total. The highest BCUT2D eigenvalue weighted by molar-refractivity contribution is 5.29. The van der Waals surface area contributed by atoms with Crippen molar-refractivity contribution in [3.8, 4) is 5.75 Å². The molecule has 1 rings (SSSR count). The third-order valence-electron chi connectivity index (χ3n) is 3.11. The molecule has 0 aromatic heterocycles. The summed E-state index contributed by atoms with van der Waals surface area (Å²) in [6, 6.07) is 4.29. The summed E-state index contributed by atoms with van der Waals surface area (Å²) in [6.45, 7) is 7.29. The van der Waals surface area contributed by atoms with E-state index in [1.54, 1.807) is 6.07 Å². The molecule has 1 atom stereocenters. The van der Waals surface area contributed by atoms with Crippen LogP contribution in [0.25, 0.3) is 0 Å². The van der Waals surface area contributed by atoms with Crippen molar-refractivity contribution in [2.45, 2.75) is 46.1 Å². The lowest BCUT2D eigenvalue weighted by atomic mass is 10.1. The van der Waals surface area contributed by atoms with Crippen LogP contribution < -0.4 is 5.32 Å². The van der Waals surface area contributed by atoms with Crippen molar-refractivity contribution in [2.75, 3.05) is 6.54 Å². The van der Waals surface area contributed by atoms with Crippen molar-refractivity contribution >= 4 is 0 Å². The highest BCUT2D eigenvalue weighted by Gasteiger charge is 2.10. The van der Waals surface area contributed by atoms with E-state index in [4.69, 9.17) is 5.11 Å². The number of phenolic OH excluding ortho intramolecular Hbond substituents is 1. The smallest absolute Gasteiger partial charge is 0.131 e. The summed E-state index contributed by atoms with van der Waals surface area (Å²) in [7, 11) is 0. The van der Waals surface area contributed by atoms with Crippen molar-refractivity contribution in [1.29, 1.82) is 0 Å². The standard InChI is InChI=1S/C15H24FNO/c1-11(2)6-4-5-9-17-12(3)14-8-7-13(18)10-15(14)16/h7-8,10-12,17-18H,4-6,9H2,1-3H3. The van der Waals surface area contributed by atoms with Crippen LogP contribution >= 0.6 is 0 Å². The summed E-state index contributed by atoms with van der Waals surface area (Å²) in [5.74, 6) is 0.370. The van der Waals surface area contributed by atoms with Gasteiger partial charge in [0, 0.05) is 17.7 Å². The zero-order chi connectivity index (χ0) is 13.5. The van der Waals surface area contributed by atoms with Crippen molar-refractivity contribution in [3.05, 3.63) is 29.6 Å². The first-order valence-corrected chi connectivity index (χ1v) is 6.72. The van der Waals surface area contributed by atoms with E-state index >= 15 is 0 Å². The summed E-state index contributed by atoms with van der Waals surface area (Å²) in [5, 5.41) is 12.5. The average molecular weight is 253 g/mol. The summed E-state index contributed by atoms with van der Waals surface area (Å²) in [6.07, 6.45) is 3.56. The van der Waals surface area contributed by atoms with Gasteiger partial charge in [-0.15, -0.1) is 0 Å². The molecular formula is C15H24FNO. The van der Waals surface area contributed by atoms with E-state index in [1.165, 1.54) is 18.9 Å². The molecule has 0 saturated carbocycles. The third-order valence-corrected chi connectivity index (χ3v) is 3.11. The Kier molecular flexibility index (Phi) is 6.13. The Morgan fingerprint density at radius 1 is 1.22 bits per heavy atom. The maximum atomic E-state index is 13.6. The van der Waals surface area contributed by atoms with Crippen molar-refractivity contribution in [1.82, 2.24) is 5.32 Å². The Morgan fingerprint density at radius 3 is 2.56 bits per heavy atom. The summed E-state index contributed by atoms with van der Waals surface area (Å²) < 4.78 is 13.6. The van der Waals surface area contributed by atoms with Crippen molar-refractivity contribution in [3.63, 3.8) is 0 Å². The molecule has 0 saturated heterocycles. The topological polar surface area (TPSA) is 32.3 Å². The molecule has 1 aromatic rings. The highest BCUT2D eigenvalue weighted by Crippen LogP contribution is 2.20. The molecular weight excluding hydrogens is 229 g/mol. The first-order chi connectivity index (χ1) is 8.50. The van der Waals surface area contributed by atoms with Crippen molar-refractivity contribution < 1.29 is 9.50 Å². The minimum Gasteiger partial charge on any atom is -0.508 e. The van der Waals surface area contributed by atoms with Gasteiger partial charge in [0.05, 0.1) is 0 Å². The van der Waals surface area contributed by atoms with Gasteiger partial charge in [-0.05, 0) is 31.9 Å². The zero-order valence-corrected chi connectivity index (χ0v) is 11.5. The molecule has 0 amide bonds. The van der Waals surface area contributed by atoms with Crippen LogP contribution in [-0.4, -0.2) is 11.7 Å². The normalized spacial score (nSPS) is 12.9. The number of aromatic hydroxyl groups is 1. The van der Waals surface area contributed by atoms with Crippen LogP contribution in [0.4, 0.5) is 4.39 Å². The van der Waals surface area contributed by atoms with Gasteiger partial charge in [-0.3, -0.25) is 0 Å². The second kappa shape index (κ2) is 7.37. The molecule has 102 valence electrons. The molecule has 0 aliphatic carbocycles. The lowest BCUT2D eigenvalue weighted by Crippen LogP contribution is -2.20. The molecule has 3 heteroatoms. The molecule has 18 heavy (non-hydrogen) atoms. The van der Waals surface area contributed by atoms with E-state index in [9.17, 15) is 4.39 Å².